The quantitative estimate of drug-likeness (QED) is 0.0215. The second-order valence-electron chi connectivity index (χ2n) is 15.7. The average Bonchev–Trinajstić information content (AvgIpc) is 3.15. The van der Waals surface area contributed by atoms with E-state index in [9.17, 15) is 19.0 Å². The van der Waals surface area contributed by atoms with Gasteiger partial charge in [0, 0.05) is 12.8 Å². The molecule has 56 heavy (non-hydrogen) atoms. The molecule has 0 aliphatic carbocycles. The van der Waals surface area contributed by atoms with Crippen LogP contribution in [-0.2, 0) is 32.7 Å². The van der Waals surface area contributed by atoms with Crippen LogP contribution in [0.1, 0.15) is 168 Å². The summed E-state index contributed by atoms with van der Waals surface area (Å²) in [6.07, 6.45) is 45.6. The van der Waals surface area contributed by atoms with Gasteiger partial charge in [-0.15, -0.1) is 0 Å². The fraction of sp³-hybridized carbons (Fsp3) is 0.739. The van der Waals surface area contributed by atoms with E-state index >= 15 is 0 Å². The summed E-state index contributed by atoms with van der Waals surface area (Å²) in [6, 6.07) is 0. The van der Waals surface area contributed by atoms with E-state index in [-0.39, 0.29) is 32.0 Å². The molecule has 324 valence electrons. The van der Waals surface area contributed by atoms with Gasteiger partial charge in [0.25, 0.3) is 0 Å². The lowest BCUT2D eigenvalue weighted by Gasteiger charge is -2.24. The van der Waals surface area contributed by atoms with Crippen molar-refractivity contribution in [2.24, 2.45) is 0 Å². The Morgan fingerprint density at radius 2 is 1.02 bits per heavy atom. The van der Waals surface area contributed by atoms with Crippen molar-refractivity contribution in [2.75, 3.05) is 47.5 Å². The van der Waals surface area contributed by atoms with Gasteiger partial charge in [-0.05, 0) is 51.4 Å². The molecule has 0 saturated carbocycles. The Morgan fingerprint density at radius 1 is 0.571 bits per heavy atom. The first-order valence-electron chi connectivity index (χ1n) is 22.0. The first-order valence-corrected chi connectivity index (χ1v) is 23.5. The minimum atomic E-state index is -4.39. The highest BCUT2D eigenvalue weighted by molar-refractivity contribution is 7.47. The zero-order chi connectivity index (χ0) is 41.4. The van der Waals surface area contributed by atoms with Gasteiger partial charge in [-0.3, -0.25) is 18.6 Å². The summed E-state index contributed by atoms with van der Waals surface area (Å²) in [5, 5.41) is 0. The highest BCUT2D eigenvalue weighted by Crippen LogP contribution is 2.43. The molecule has 9 nitrogen and oxygen atoms in total. The largest absolute Gasteiger partial charge is 0.472 e. The van der Waals surface area contributed by atoms with Gasteiger partial charge >= 0.3 is 19.8 Å². The van der Waals surface area contributed by atoms with Crippen molar-refractivity contribution in [1.29, 1.82) is 0 Å². The summed E-state index contributed by atoms with van der Waals surface area (Å²) < 4.78 is 34.2. The Balaban J connectivity index is 4.46. The molecule has 0 aromatic rings. The molecule has 0 radical (unpaired) electrons. The number of rotatable bonds is 39. The lowest BCUT2D eigenvalue weighted by atomic mass is 10.0. The SMILES string of the molecule is CCC=CCC=CCC=CCC=CCC=CCCCC(=O)OC(COC(=O)CCCCCCCCCCCCCCCCC)COP(=O)(O)OCC[N+](C)(C)C. The maximum Gasteiger partial charge on any atom is 0.472 e. The van der Waals surface area contributed by atoms with Crippen molar-refractivity contribution >= 4 is 19.8 Å². The first-order chi connectivity index (χ1) is 27.0. The van der Waals surface area contributed by atoms with Crippen LogP contribution in [0.15, 0.2) is 60.8 Å². The zero-order valence-electron chi connectivity index (χ0n) is 36.3. The number of hydrogen-bond acceptors (Lipinski definition) is 7. The maximum absolute atomic E-state index is 12.7. The third kappa shape index (κ3) is 41.3. The van der Waals surface area contributed by atoms with Crippen LogP contribution in [0.2, 0.25) is 0 Å². The van der Waals surface area contributed by atoms with Crippen molar-refractivity contribution in [3.05, 3.63) is 60.8 Å². The van der Waals surface area contributed by atoms with Crippen LogP contribution < -0.4 is 0 Å². The Morgan fingerprint density at radius 3 is 1.50 bits per heavy atom. The summed E-state index contributed by atoms with van der Waals surface area (Å²) in [6.45, 7) is 4.24. The van der Waals surface area contributed by atoms with Gasteiger partial charge < -0.3 is 18.9 Å². The molecule has 2 atom stereocenters. The standard InChI is InChI=1S/C46H82NO8P/c1-6-8-10-12-14-16-18-20-22-23-25-27-29-31-33-35-37-39-46(49)55-44(43-54-56(50,51)53-41-40-47(3,4)5)42-52-45(48)38-36-34-32-30-28-26-24-21-19-17-15-13-11-9-7-2/h8,10,14,16,20,22,25,27,31,33,44H,6-7,9,11-13,15,17-19,21,23-24,26,28-30,32,34-43H2,1-5H3/p+1. The highest BCUT2D eigenvalue weighted by atomic mass is 31.2. The summed E-state index contributed by atoms with van der Waals surface area (Å²) in [7, 11) is 1.44. The number of unbranched alkanes of at least 4 members (excludes halogenated alkanes) is 15. The van der Waals surface area contributed by atoms with E-state index in [1.807, 2.05) is 27.2 Å². The number of quaternary nitrogens is 1. The molecule has 2 unspecified atom stereocenters. The fourth-order valence-electron chi connectivity index (χ4n) is 5.64. The molecule has 0 aliphatic rings. The summed E-state index contributed by atoms with van der Waals surface area (Å²) in [5.41, 5.74) is 0. The number of carbonyl (C=O) groups excluding carboxylic acids is 2. The molecule has 1 N–H and O–H groups in total. The Kier molecular flexibility index (Phi) is 36.7. The maximum atomic E-state index is 12.7. The lowest BCUT2D eigenvalue weighted by molar-refractivity contribution is -0.870. The van der Waals surface area contributed by atoms with Crippen LogP contribution in [0.3, 0.4) is 0 Å². The third-order valence-corrected chi connectivity index (χ3v) is 10.0. The normalized spacial score (nSPS) is 14.2. The third-order valence-electron chi connectivity index (χ3n) is 9.06. The molecular weight excluding hydrogens is 725 g/mol. The molecule has 0 aromatic heterocycles. The van der Waals surface area contributed by atoms with Gasteiger partial charge in [-0.25, -0.2) is 4.57 Å². The van der Waals surface area contributed by atoms with Crippen LogP contribution in [0.5, 0.6) is 0 Å². The summed E-state index contributed by atoms with van der Waals surface area (Å²) in [5.74, 6) is -0.867. The van der Waals surface area contributed by atoms with E-state index in [4.69, 9.17) is 18.5 Å². The average molecular weight is 809 g/mol. The van der Waals surface area contributed by atoms with Crippen molar-refractivity contribution in [3.63, 3.8) is 0 Å². The minimum Gasteiger partial charge on any atom is -0.462 e. The number of phosphoric ester groups is 1. The van der Waals surface area contributed by atoms with Crippen molar-refractivity contribution in [3.8, 4) is 0 Å². The van der Waals surface area contributed by atoms with Gasteiger partial charge in [0.1, 0.15) is 19.8 Å². The van der Waals surface area contributed by atoms with E-state index in [1.54, 1.807) is 0 Å². The molecule has 0 rings (SSSR count). The van der Waals surface area contributed by atoms with Gasteiger partial charge in [0.15, 0.2) is 6.10 Å². The molecule has 0 bridgehead atoms. The Bertz CT molecular complexity index is 1140. The number of ether oxygens (including phenoxy) is 2. The zero-order valence-corrected chi connectivity index (χ0v) is 37.2. The predicted molar refractivity (Wildman–Crippen MR) is 233 cm³/mol. The smallest absolute Gasteiger partial charge is 0.462 e. The number of allylic oxidation sites excluding steroid dienone is 10. The number of carbonyl (C=O) groups is 2. The molecular formula is C46H83NO8P+. The highest BCUT2D eigenvalue weighted by Gasteiger charge is 2.27. The molecule has 0 amide bonds. The topological polar surface area (TPSA) is 108 Å². The summed E-state index contributed by atoms with van der Waals surface area (Å²) >= 11 is 0. The van der Waals surface area contributed by atoms with Gasteiger partial charge in [-0.1, -0.05) is 164 Å². The van der Waals surface area contributed by atoms with E-state index in [2.05, 4.69) is 68.5 Å². The number of phosphoric acid groups is 1. The monoisotopic (exact) mass is 809 g/mol. The lowest BCUT2D eigenvalue weighted by Crippen LogP contribution is -2.37. The van der Waals surface area contributed by atoms with Crippen LogP contribution in [0, 0.1) is 0 Å². The molecule has 0 spiro atoms. The molecule has 0 aromatic carbocycles. The number of hydrogen-bond donors (Lipinski definition) is 1. The van der Waals surface area contributed by atoms with Gasteiger partial charge in [0.2, 0.25) is 0 Å². The summed E-state index contributed by atoms with van der Waals surface area (Å²) in [4.78, 5) is 35.3. The van der Waals surface area contributed by atoms with E-state index < -0.39 is 26.5 Å². The van der Waals surface area contributed by atoms with Crippen LogP contribution >= 0.6 is 7.82 Å². The van der Waals surface area contributed by atoms with Crippen molar-refractivity contribution in [2.45, 2.75) is 174 Å². The molecule has 0 fully saturated rings. The number of esters is 2. The second kappa shape index (κ2) is 38.2. The van der Waals surface area contributed by atoms with E-state index in [0.29, 0.717) is 23.9 Å². The van der Waals surface area contributed by atoms with E-state index in [1.165, 1.54) is 77.0 Å². The fourth-order valence-corrected chi connectivity index (χ4v) is 6.38. The van der Waals surface area contributed by atoms with Crippen molar-refractivity contribution in [1.82, 2.24) is 0 Å². The molecule has 10 heteroatoms. The molecule has 0 saturated heterocycles. The number of likely N-dealkylation sites (N-methyl/N-ethyl adjacent to an activating group) is 1. The minimum absolute atomic E-state index is 0.0196. The van der Waals surface area contributed by atoms with E-state index in [0.717, 1.165) is 51.4 Å². The van der Waals surface area contributed by atoms with Gasteiger partial charge in [-0.2, -0.15) is 0 Å². The first kappa shape index (κ1) is 53.7. The van der Waals surface area contributed by atoms with Crippen LogP contribution in [-0.4, -0.2) is 74.9 Å². The van der Waals surface area contributed by atoms with Crippen LogP contribution in [0.25, 0.3) is 0 Å². The Hall–Kier alpha value is -2.29. The van der Waals surface area contributed by atoms with Crippen molar-refractivity contribution < 1.29 is 42.1 Å². The Labute approximate surface area is 343 Å². The second-order valence-corrected chi connectivity index (χ2v) is 17.2. The van der Waals surface area contributed by atoms with Crippen LogP contribution in [0.4, 0.5) is 0 Å². The number of nitrogens with zero attached hydrogens (tertiary/aromatic N) is 1. The molecule has 0 heterocycles. The molecule has 0 aliphatic heterocycles. The van der Waals surface area contributed by atoms with Gasteiger partial charge in [0.05, 0.1) is 27.7 Å². The predicted octanol–water partition coefficient (Wildman–Crippen LogP) is 12.5.